The molecule has 146 valence electrons. The highest BCUT2D eigenvalue weighted by atomic mass is 16.5. The van der Waals surface area contributed by atoms with Crippen LogP contribution in [0.1, 0.15) is 55.0 Å². The summed E-state index contributed by atoms with van der Waals surface area (Å²) >= 11 is 0. The van der Waals surface area contributed by atoms with Gasteiger partial charge in [0.1, 0.15) is 17.3 Å². The van der Waals surface area contributed by atoms with Crippen molar-refractivity contribution in [2.24, 2.45) is 0 Å². The predicted molar refractivity (Wildman–Crippen MR) is 97.2 cm³/mol. The van der Waals surface area contributed by atoms with Gasteiger partial charge in [0.25, 0.3) is 5.91 Å². The molecule has 2 rings (SSSR count). The Morgan fingerprint density at radius 3 is 2.44 bits per heavy atom. The van der Waals surface area contributed by atoms with Gasteiger partial charge in [0, 0.05) is 23.1 Å². The molecule has 0 saturated carbocycles. The average Bonchev–Trinajstić information content (AvgIpc) is 3.10. The largest absolute Gasteiger partial charge is 0.497 e. The Hall–Kier alpha value is -3.03. The first kappa shape index (κ1) is 20.3. The Morgan fingerprint density at radius 2 is 1.93 bits per heavy atom. The molecule has 2 N–H and O–H groups in total. The van der Waals surface area contributed by atoms with Crippen molar-refractivity contribution in [1.82, 2.24) is 10.5 Å². The zero-order valence-electron chi connectivity index (χ0n) is 16.0. The Bertz CT molecular complexity index is 822. The number of carboxylic acid groups (broad SMARTS) is 1. The molecular weight excluding hydrogens is 352 g/mol. The van der Waals surface area contributed by atoms with Crippen molar-refractivity contribution in [1.29, 1.82) is 0 Å². The zero-order chi connectivity index (χ0) is 20.2. The lowest BCUT2D eigenvalue weighted by Gasteiger charge is -2.20. The average molecular weight is 376 g/mol. The van der Waals surface area contributed by atoms with Crippen LogP contribution >= 0.6 is 0 Å². The fourth-order valence-electron chi connectivity index (χ4n) is 2.49. The van der Waals surface area contributed by atoms with Gasteiger partial charge in [0.2, 0.25) is 0 Å². The molecule has 0 saturated heterocycles. The van der Waals surface area contributed by atoms with Crippen molar-refractivity contribution in [3.8, 4) is 11.5 Å². The topological polar surface area (TPSA) is 111 Å². The number of carboxylic acids is 1. The lowest BCUT2D eigenvalue weighted by Crippen LogP contribution is -2.30. The van der Waals surface area contributed by atoms with Gasteiger partial charge in [-0.2, -0.15) is 0 Å². The van der Waals surface area contributed by atoms with Crippen LogP contribution in [0.4, 0.5) is 0 Å². The fourth-order valence-corrected chi connectivity index (χ4v) is 2.49. The van der Waals surface area contributed by atoms with Crippen LogP contribution in [0.25, 0.3) is 0 Å². The number of carbonyl (C=O) groups is 2. The standard InChI is InChI=1S/C19H24N2O6/c1-19(2,3)16-9-14(21-27-16)18(24)20-13(10-17(22)23)12-7-6-11(25-4)8-15(12)26-5/h6-9,13H,10H2,1-5H3,(H,20,24)(H,22,23)/t13-/m0/s1. The highest BCUT2D eigenvalue weighted by molar-refractivity contribution is 5.92. The number of benzene rings is 1. The molecule has 0 aliphatic carbocycles. The van der Waals surface area contributed by atoms with E-state index in [4.69, 9.17) is 14.0 Å². The summed E-state index contributed by atoms with van der Waals surface area (Å²) < 4.78 is 15.7. The molecular formula is C19H24N2O6. The maximum Gasteiger partial charge on any atom is 0.305 e. The minimum atomic E-state index is -1.06. The van der Waals surface area contributed by atoms with Crippen LogP contribution in [0.5, 0.6) is 11.5 Å². The molecule has 27 heavy (non-hydrogen) atoms. The third kappa shape index (κ3) is 4.99. The molecule has 8 heteroatoms. The molecule has 0 unspecified atom stereocenters. The number of nitrogens with zero attached hydrogens (tertiary/aromatic N) is 1. The summed E-state index contributed by atoms with van der Waals surface area (Å²) in [7, 11) is 2.98. The number of carbonyl (C=O) groups excluding carboxylic acids is 1. The molecule has 1 aromatic carbocycles. The van der Waals surface area contributed by atoms with E-state index < -0.39 is 17.9 Å². The lowest BCUT2D eigenvalue weighted by molar-refractivity contribution is -0.137. The molecule has 0 spiro atoms. The van der Waals surface area contributed by atoms with Crippen LogP contribution in [0, 0.1) is 0 Å². The summed E-state index contributed by atoms with van der Waals surface area (Å²) in [5, 5.41) is 15.7. The molecule has 1 amide bonds. The second-order valence-corrected chi connectivity index (χ2v) is 7.06. The molecule has 2 aromatic rings. The van der Waals surface area contributed by atoms with E-state index in [1.54, 1.807) is 24.3 Å². The normalized spacial score (nSPS) is 12.3. The van der Waals surface area contributed by atoms with Gasteiger partial charge in [-0.25, -0.2) is 0 Å². The predicted octanol–water partition coefficient (Wildman–Crippen LogP) is 2.94. The molecule has 0 bridgehead atoms. The third-order valence-electron chi connectivity index (χ3n) is 3.98. The van der Waals surface area contributed by atoms with Crippen LogP contribution < -0.4 is 14.8 Å². The van der Waals surface area contributed by atoms with Crippen molar-refractivity contribution in [2.75, 3.05) is 14.2 Å². The molecule has 0 radical (unpaired) electrons. The van der Waals surface area contributed by atoms with Gasteiger partial charge in [-0.1, -0.05) is 25.9 Å². The fraction of sp³-hybridized carbons (Fsp3) is 0.421. The summed E-state index contributed by atoms with van der Waals surface area (Å²) in [6.45, 7) is 5.81. The highest BCUT2D eigenvalue weighted by Crippen LogP contribution is 2.31. The van der Waals surface area contributed by atoms with E-state index in [0.717, 1.165) is 0 Å². The second kappa shape index (κ2) is 8.11. The Balaban J connectivity index is 2.31. The Morgan fingerprint density at radius 1 is 1.22 bits per heavy atom. The maximum absolute atomic E-state index is 12.6. The van der Waals surface area contributed by atoms with Gasteiger partial charge >= 0.3 is 5.97 Å². The maximum atomic E-state index is 12.6. The summed E-state index contributed by atoms with van der Waals surface area (Å²) in [6, 6.07) is 5.70. The van der Waals surface area contributed by atoms with Crippen molar-refractivity contribution in [2.45, 2.75) is 38.6 Å². The number of hydrogen-bond acceptors (Lipinski definition) is 6. The second-order valence-electron chi connectivity index (χ2n) is 7.06. The van der Waals surface area contributed by atoms with E-state index in [2.05, 4.69) is 10.5 Å². The third-order valence-corrected chi connectivity index (χ3v) is 3.98. The van der Waals surface area contributed by atoms with Crippen LogP contribution in [0.3, 0.4) is 0 Å². The summed E-state index contributed by atoms with van der Waals surface area (Å²) in [5.74, 6) is -0.0599. The van der Waals surface area contributed by atoms with Crippen molar-refractivity contribution >= 4 is 11.9 Å². The number of aromatic nitrogens is 1. The number of methoxy groups -OCH3 is 2. The number of ether oxygens (including phenoxy) is 2. The smallest absolute Gasteiger partial charge is 0.305 e. The van der Waals surface area contributed by atoms with Gasteiger partial charge in [0.15, 0.2) is 5.69 Å². The van der Waals surface area contributed by atoms with E-state index in [-0.39, 0.29) is 17.5 Å². The first-order valence-corrected chi connectivity index (χ1v) is 8.37. The van der Waals surface area contributed by atoms with Gasteiger partial charge in [-0.15, -0.1) is 0 Å². The van der Waals surface area contributed by atoms with Crippen LogP contribution in [0.2, 0.25) is 0 Å². The molecule has 1 heterocycles. The van der Waals surface area contributed by atoms with Crippen molar-refractivity contribution in [3.63, 3.8) is 0 Å². The molecule has 8 nitrogen and oxygen atoms in total. The van der Waals surface area contributed by atoms with Crippen molar-refractivity contribution in [3.05, 3.63) is 41.3 Å². The number of hydrogen-bond donors (Lipinski definition) is 2. The number of aliphatic carboxylic acids is 1. The SMILES string of the molecule is COc1ccc([C@H](CC(=O)O)NC(=O)c2cc(C(C)(C)C)on2)c(OC)c1. The minimum absolute atomic E-state index is 0.0859. The number of rotatable bonds is 7. The monoisotopic (exact) mass is 376 g/mol. The molecule has 0 aliphatic heterocycles. The van der Waals surface area contributed by atoms with E-state index in [9.17, 15) is 14.7 Å². The summed E-state index contributed by atoms with van der Waals surface area (Å²) in [4.78, 5) is 23.9. The summed E-state index contributed by atoms with van der Waals surface area (Å²) in [6.07, 6.45) is -0.321. The zero-order valence-corrected chi connectivity index (χ0v) is 16.0. The minimum Gasteiger partial charge on any atom is -0.497 e. The quantitative estimate of drug-likeness (QED) is 0.764. The van der Waals surface area contributed by atoms with E-state index in [0.29, 0.717) is 22.8 Å². The van der Waals surface area contributed by atoms with E-state index in [1.165, 1.54) is 14.2 Å². The molecule has 0 aliphatic rings. The molecule has 1 aromatic heterocycles. The summed E-state index contributed by atoms with van der Waals surface area (Å²) in [5.41, 5.74) is 0.307. The first-order chi connectivity index (χ1) is 12.7. The Labute approximate surface area is 157 Å². The number of amides is 1. The van der Waals surface area contributed by atoms with Crippen LogP contribution in [0.15, 0.2) is 28.8 Å². The number of nitrogens with one attached hydrogen (secondary N) is 1. The van der Waals surface area contributed by atoms with Gasteiger partial charge in [-0.3, -0.25) is 9.59 Å². The van der Waals surface area contributed by atoms with Crippen molar-refractivity contribution < 1.29 is 28.7 Å². The van der Waals surface area contributed by atoms with Gasteiger partial charge < -0.3 is 24.4 Å². The molecule has 0 fully saturated rings. The van der Waals surface area contributed by atoms with E-state index in [1.807, 2.05) is 20.8 Å². The highest BCUT2D eigenvalue weighted by Gasteiger charge is 2.26. The van der Waals surface area contributed by atoms with Gasteiger partial charge in [-0.05, 0) is 12.1 Å². The van der Waals surface area contributed by atoms with Crippen LogP contribution in [-0.2, 0) is 10.2 Å². The van der Waals surface area contributed by atoms with Crippen LogP contribution in [-0.4, -0.2) is 36.4 Å². The van der Waals surface area contributed by atoms with Gasteiger partial charge in [0.05, 0.1) is 26.7 Å². The molecule has 1 atom stereocenters. The van der Waals surface area contributed by atoms with E-state index >= 15 is 0 Å². The Kier molecular flexibility index (Phi) is 6.09. The first-order valence-electron chi connectivity index (χ1n) is 8.37. The lowest BCUT2D eigenvalue weighted by atomic mass is 9.93.